The number of ether oxygens (including phenoxy) is 1. The van der Waals surface area contributed by atoms with E-state index >= 15 is 0 Å². The highest BCUT2D eigenvalue weighted by atomic mass is 35.5. The summed E-state index contributed by atoms with van der Waals surface area (Å²) in [5, 5.41) is 0.0573. The summed E-state index contributed by atoms with van der Waals surface area (Å²) < 4.78 is 33.5. The number of hydrogen-bond donors (Lipinski definition) is 0. The van der Waals surface area contributed by atoms with Crippen LogP contribution in [0.5, 0.6) is 0 Å². The Morgan fingerprint density at radius 1 is 1.31 bits per heavy atom. The van der Waals surface area contributed by atoms with Crippen LogP contribution in [-0.4, -0.2) is 51.6 Å². The molecule has 1 unspecified atom stereocenters. The standard InChI is InChI=1S/C21H23ClN2O4S/c1-3-11-24(18-7-5-4-6-8-18)29(26,27)20-14-17(9-10-19(20)22)21(25)23-12-13-28-16(2)15-23/h3-10,14,16H,1,11-13,15H2,2H3. The van der Waals surface area contributed by atoms with Crippen molar-refractivity contribution in [3.8, 4) is 0 Å². The van der Waals surface area contributed by atoms with Crippen LogP contribution in [0, 0.1) is 0 Å². The first kappa shape index (κ1) is 21.4. The zero-order valence-electron chi connectivity index (χ0n) is 16.1. The molecule has 154 valence electrons. The van der Waals surface area contributed by atoms with Crippen LogP contribution >= 0.6 is 11.6 Å². The second-order valence-corrected chi connectivity index (χ2v) is 8.98. The average molecular weight is 435 g/mol. The zero-order chi connectivity index (χ0) is 21.0. The SMILES string of the molecule is C=CCN(c1ccccc1)S(=O)(=O)c1cc(C(=O)N2CCOC(C)C2)ccc1Cl. The molecule has 0 saturated carbocycles. The van der Waals surface area contributed by atoms with Gasteiger partial charge in [0.2, 0.25) is 0 Å². The van der Waals surface area contributed by atoms with Crippen LogP contribution in [0.2, 0.25) is 5.02 Å². The summed E-state index contributed by atoms with van der Waals surface area (Å²) in [5.74, 6) is -0.247. The maximum atomic E-state index is 13.4. The van der Waals surface area contributed by atoms with Crippen molar-refractivity contribution >= 4 is 33.2 Å². The van der Waals surface area contributed by atoms with Gasteiger partial charge in [-0.2, -0.15) is 0 Å². The van der Waals surface area contributed by atoms with Gasteiger partial charge in [0, 0.05) is 18.7 Å². The molecule has 0 radical (unpaired) electrons. The van der Waals surface area contributed by atoms with Gasteiger partial charge < -0.3 is 9.64 Å². The Labute approximate surface area is 176 Å². The molecule has 1 amide bonds. The van der Waals surface area contributed by atoms with Crippen LogP contribution in [0.3, 0.4) is 0 Å². The fourth-order valence-corrected chi connectivity index (χ4v) is 5.13. The molecule has 6 nitrogen and oxygen atoms in total. The van der Waals surface area contributed by atoms with Gasteiger partial charge in [0.05, 0.1) is 30.0 Å². The molecule has 29 heavy (non-hydrogen) atoms. The van der Waals surface area contributed by atoms with Gasteiger partial charge in [-0.1, -0.05) is 35.9 Å². The second-order valence-electron chi connectivity index (χ2n) is 6.74. The minimum absolute atomic E-state index is 0.0573. The summed E-state index contributed by atoms with van der Waals surface area (Å²) in [5.41, 5.74) is 0.760. The van der Waals surface area contributed by atoms with Crippen molar-refractivity contribution < 1.29 is 17.9 Å². The van der Waals surface area contributed by atoms with Gasteiger partial charge in [-0.15, -0.1) is 6.58 Å². The maximum Gasteiger partial charge on any atom is 0.266 e. The Kier molecular flexibility index (Phi) is 6.62. The van der Waals surface area contributed by atoms with Crippen molar-refractivity contribution in [3.05, 3.63) is 71.8 Å². The van der Waals surface area contributed by atoms with Crippen molar-refractivity contribution in [3.63, 3.8) is 0 Å². The van der Waals surface area contributed by atoms with Gasteiger partial charge in [-0.05, 0) is 37.3 Å². The van der Waals surface area contributed by atoms with E-state index in [1.54, 1.807) is 41.3 Å². The zero-order valence-corrected chi connectivity index (χ0v) is 17.7. The van der Waals surface area contributed by atoms with Gasteiger partial charge in [-0.25, -0.2) is 8.42 Å². The molecule has 0 aromatic heterocycles. The first-order chi connectivity index (χ1) is 13.8. The first-order valence-corrected chi connectivity index (χ1v) is 11.1. The number of anilines is 1. The normalized spacial score (nSPS) is 17.0. The van der Waals surface area contributed by atoms with E-state index in [0.717, 1.165) is 0 Å². The van der Waals surface area contributed by atoms with E-state index < -0.39 is 10.0 Å². The third kappa shape index (κ3) is 4.63. The lowest BCUT2D eigenvalue weighted by molar-refractivity contribution is -0.0124. The minimum Gasteiger partial charge on any atom is -0.375 e. The van der Waals surface area contributed by atoms with Crippen molar-refractivity contribution in [2.45, 2.75) is 17.9 Å². The highest BCUT2D eigenvalue weighted by Gasteiger charge is 2.29. The van der Waals surface area contributed by atoms with Crippen LogP contribution in [0.25, 0.3) is 0 Å². The summed E-state index contributed by atoms with van der Waals surface area (Å²) in [7, 11) is -4.01. The quantitative estimate of drug-likeness (QED) is 0.652. The molecule has 1 saturated heterocycles. The fourth-order valence-electron chi connectivity index (χ4n) is 3.19. The Morgan fingerprint density at radius 3 is 2.69 bits per heavy atom. The predicted octanol–water partition coefficient (Wildman–Crippen LogP) is 3.58. The van der Waals surface area contributed by atoms with Crippen molar-refractivity contribution in [1.29, 1.82) is 0 Å². The van der Waals surface area contributed by atoms with Crippen LogP contribution < -0.4 is 4.31 Å². The van der Waals surface area contributed by atoms with Crippen LogP contribution in [0.4, 0.5) is 5.69 Å². The molecule has 3 rings (SSSR count). The van der Waals surface area contributed by atoms with E-state index in [2.05, 4.69) is 6.58 Å². The molecule has 8 heteroatoms. The number of rotatable bonds is 6. The van der Waals surface area contributed by atoms with Crippen LogP contribution in [0.15, 0.2) is 66.1 Å². The van der Waals surface area contributed by atoms with Gasteiger partial charge in [0.1, 0.15) is 4.90 Å². The van der Waals surface area contributed by atoms with Crippen LogP contribution in [0.1, 0.15) is 17.3 Å². The van der Waals surface area contributed by atoms with E-state index in [0.29, 0.717) is 25.4 Å². The number of amides is 1. The number of sulfonamides is 1. The van der Waals surface area contributed by atoms with E-state index in [1.807, 2.05) is 6.92 Å². The smallest absolute Gasteiger partial charge is 0.266 e. The van der Waals surface area contributed by atoms with Gasteiger partial charge >= 0.3 is 0 Å². The van der Waals surface area contributed by atoms with E-state index in [-0.39, 0.29) is 34.0 Å². The summed E-state index contributed by atoms with van der Waals surface area (Å²) >= 11 is 6.25. The predicted molar refractivity (Wildman–Crippen MR) is 114 cm³/mol. The molecule has 0 N–H and O–H groups in total. The molecular formula is C21H23ClN2O4S. The lowest BCUT2D eigenvalue weighted by Gasteiger charge is -2.31. The monoisotopic (exact) mass is 434 g/mol. The second kappa shape index (κ2) is 8.98. The highest BCUT2D eigenvalue weighted by molar-refractivity contribution is 7.93. The molecule has 1 heterocycles. The number of benzene rings is 2. The molecule has 1 atom stereocenters. The first-order valence-electron chi connectivity index (χ1n) is 9.23. The largest absolute Gasteiger partial charge is 0.375 e. The van der Waals surface area contributed by atoms with E-state index in [9.17, 15) is 13.2 Å². The Balaban J connectivity index is 1.99. The fraction of sp³-hybridized carbons (Fsp3) is 0.286. The number of hydrogen-bond acceptors (Lipinski definition) is 4. The van der Waals surface area contributed by atoms with Gasteiger partial charge in [0.15, 0.2) is 0 Å². The number of halogens is 1. The lowest BCUT2D eigenvalue weighted by Crippen LogP contribution is -2.44. The molecule has 2 aromatic carbocycles. The topological polar surface area (TPSA) is 66.9 Å². The highest BCUT2D eigenvalue weighted by Crippen LogP contribution is 2.30. The molecule has 2 aromatic rings. The molecule has 1 aliphatic heterocycles. The number of para-hydroxylation sites is 1. The van der Waals surface area contributed by atoms with Gasteiger partial charge in [0.25, 0.3) is 15.9 Å². The number of carbonyl (C=O) groups is 1. The lowest BCUT2D eigenvalue weighted by atomic mass is 10.2. The summed E-state index contributed by atoms with van der Waals surface area (Å²) in [6.07, 6.45) is 1.44. The Morgan fingerprint density at radius 2 is 2.03 bits per heavy atom. The average Bonchev–Trinajstić information content (AvgIpc) is 2.72. The number of nitrogens with zero attached hydrogens (tertiary/aromatic N) is 2. The van der Waals surface area contributed by atoms with E-state index in [4.69, 9.17) is 16.3 Å². The maximum absolute atomic E-state index is 13.4. The molecule has 0 aliphatic carbocycles. The van der Waals surface area contributed by atoms with Crippen molar-refractivity contribution in [2.75, 3.05) is 30.5 Å². The number of morpholine rings is 1. The Bertz CT molecular complexity index is 995. The Hall–Kier alpha value is -2.35. The minimum atomic E-state index is -4.01. The summed E-state index contributed by atoms with van der Waals surface area (Å²) in [4.78, 5) is 14.4. The molecule has 1 aliphatic rings. The van der Waals surface area contributed by atoms with E-state index in [1.165, 1.54) is 22.5 Å². The molecule has 0 spiro atoms. The van der Waals surface area contributed by atoms with Gasteiger partial charge in [-0.3, -0.25) is 9.10 Å². The third-order valence-electron chi connectivity index (χ3n) is 4.61. The summed E-state index contributed by atoms with van der Waals surface area (Å²) in [6.45, 7) is 6.99. The van der Waals surface area contributed by atoms with Crippen molar-refractivity contribution in [2.24, 2.45) is 0 Å². The molecule has 0 bridgehead atoms. The third-order valence-corrected chi connectivity index (χ3v) is 6.89. The molecular weight excluding hydrogens is 412 g/mol. The summed E-state index contributed by atoms with van der Waals surface area (Å²) in [6, 6.07) is 13.0. The van der Waals surface area contributed by atoms with Crippen LogP contribution in [-0.2, 0) is 14.8 Å². The molecule has 1 fully saturated rings. The number of carbonyl (C=O) groups excluding carboxylic acids is 1. The van der Waals surface area contributed by atoms with Crippen molar-refractivity contribution in [1.82, 2.24) is 4.90 Å².